The molecule has 1 aromatic carbocycles. The number of carbonyl (C=O) groups excluding carboxylic acids is 2. The average Bonchev–Trinajstić information content (AvgIpc) is 2.44. The number of anilines is 1. The Hall–Kier alpha value is -2.77. The molecular formula is C17H24N2O6. The molecule has 8 heteroatoms. The van der Waals surface area contributed by atoms with E-state index in [-0.39, 0.29) is 23.8 Å². The fraction of sp³-hybridized carbons (Fsp3) is 0.471. The molecule has 1 rings (SSSR count). The molecule has 1 aromatic rings. The van der Waals surface area contributed by atoms with Crippen LogP contribution in [0, 0.1) is 0 Å². The second-order valence-corrected chi connectivity index (χ2v) is 6.33. The molecular weight excluding hydrogens is 328 g/mol. The quantitative estimate of drug-likeness (QED) is 0.650. The van der Waals surface area contributed by atoms with Crippen LogP contribution in [0.15, 0.2) is 18.2 Å². The molecule has 0 radical (unpaired) electrons. The predicted molar refractivity (Wildman–Crippen MR) is 92.1 cm³/mol. The molecule has 138 valence electrons. The minimum Gasteiger partial charge on any atom is -0.493 e. The molecule has 0 spiro atoms. The van der Waals surface area contributed by atoms with Gasteiger partial charge in [-0.25, -0.2) is 9.59 Å². The lowest BCUT2D eigenvalue weighted by Gasteiger charge is -2.20. The summed E-state index contributed by atoms with van der Waals surface area (Å²) in [5.74, 6) is -1.15. The van der Waals surface area contributed by atoms with E-state index in [9.17, 15) is 19.5 Å². The van der Waals surface area contributed by atoms with E-state index in [1.54, 1.807) is 20.8 Å². The van der Waals surface area contributed by atoms with Gasteiger partial charge in [-0.1, -0.05) is 0 Å². The zero-order valence-electron chi connectivity index (χ0n) is 14.8. The summed E-state index contributed by atoms with van der Waals surface area (Å²) in [4.78, 5) is 33.8. The number of hydrogen-bond acceptors (Lipinski definition) is 5. The predicted octanol–water partition coefficient (Wildman–Crippen LogP) is 2.64. The van der Waals surface area contributed by atoms with Crippen LogP contribution in [0.5, 0.6) is 5.75 Å². The standard InChI is InChI=1S/C17H24N2O6/c1-11(20)18-8-5-9-24-14-10-12(6-7-13(14)15(21)22)19-16(23)25-17(2,3)4/h6-7,10H,5,8-9H2,1-4H3,(H,18,20)(H,19,23)(H,21,22). The summed E-state index contributed by atoms with van der Waals surface area (Å²) in [6, 6.07) is 4.22. The second-order valence-electron chi connectivity index (χ2n) is 6.33. The maximum absolute atomic E-state index is 11.8. The zero-order valence-corrected chi connectivity index (χ0v) is 14.8. The van der Waals surface area contributed by atoms with Gasteiger partial charge in [0.15, 0.2) is 0 Å². The summed E-state index contributed by atoms with van der Waals surface area (Å²) < 4.78 is 10.6. The third-order valence-electron chi connectivity index (χ3n) is 2.81. The van der Waals surface area contributed by atoms with E-state index in [1.807, 2.05) is 0 Å². The maximum atomic E-state index is 11.8. The first-order valence-electron chi connectivity index (χ1n) is 7.83. The molecule has 25 heavy (non-hydrogen) atoms. The number of carbonyl (C=O) groups is 3. The van der Waals surface area contributed by atoms with Gasteiger partial charge in [0.05, 0.1) is 6.61 Å². The Morgan fingerprint density at radius 1 is 1.20 bits per heavy atom. The molecule has 2 amide bonds. The molecule has 0 aliphatic rings. The summed E-state index contributed by atoms with van der Waals surface area (Å²) in [7, 11) is 0. The van der Waals surface area contributed by atoms with Crippen molar-refractivity contribution in [2.24, 2.45) is 0 Å². The number of aromatic carboxylic acids is 1. The topological polar surface area (TPSA) is 114 Å². The molecule has 0 saturated carbocycles. The van der Waals surface area contributed by atoms with Crippen LogP contribution in [0.25, 0.3) is 0 Å². The molecule has 8 nitrogen and oxygen atoms in total. The number of hydrogen-bond donors (Lipinski definition) is 3. The van der Waals surface area contributed by atoms with E-state index in [0.29, 0.717) is 18.7 Å². The van der Waals surface area contributed by atoms with Crippen LogP contribution in [-0.4, -0.2) is 41.8 Å². The fourth-order valence-corrected chi connectivity index (χ4v) is 1.84. The second kappa shape index (κ2) is 8.91. The number of rotatable bonds is 7. The molecule has 0 atom stereocenters. The Balaban J connectivity index is 2.75. The van der Waals surface area contributed by atoms with Crippen LogP contribution in [0.1, 0.15) is 44.5 Å². The van der Waals surface area contributed by atoms with Gasteiger partial charge >= 0.3 is 12.1 Å². The van der Waals surface area contributed by atoms with Crippen molar-refractivity contribution in [3.05, 3.63) is 23.8 Å². The average molecular weight is 352 g/mol. The third-order valence-corrected chi connectivity index (χ3v) is 2.81. The number of ether oxygens (including phenoxy) is 2. The Bertz CT molecular complexity index is 637. The van der Waals surface area contributed by atoms with Crippen molar-refractivity contribution >= 4 is 23.7 Å². The van der Waals surface area contributed by atoms with E-state index in [4.69, 9.17) is 9.47 Å². The number of benzene rings is 1. The first kappa shape index (κ1) is 20.3. The number of amides is 2. The highest BCUT2D eigenvalue weighted by Crippen LogP contribution is 2.24. The number of nitrogens with one attached hydrogen (secondary N) is 2. The van der Waals surface area contributed by atoms with E-state index >= 15 is 0 Å². The van der Waals surface area contributed by atoms with Crippen LogP contribution in [0.3, 0.4) is 0 Å². The highest BCUT2D eigenvalue weighted by molar-refractivity contribution is 5.93. The Labute approximate surface area is 146 Å². The van der Waals surface area contributed by atoms with Crippen molar-refractivity contribution in [2.45, 2.75) is 39.7 Å². The molecule has 0 aliphatic heterocycles. The Morgan fingerprint density at radius 3 is 2.44 bits per heavy atom. The molecule has 0 heterocycles. The van der Waals surface area contributed by atoms with Crippen LogP contribution >= 0.6 is 0 Å². The lowest BCUT2D eigenvalue weighted by atomic mass is 10.2. The maximum Gasteiger partial charge on any atom is 0.412 e. The first-order valence-corrected chi connectivity index (χ1v) is 7.83. The highest BCUT2D eigenvalue weighted by Gasteiger charge is 2.18. The van der Waals surface area contributed by atoms with Gasteiger partial charge in [-0.05, 0) is 39.3 Å². The Morgan fingerprint density at radius 2 is 1.88 bits per heavy atom. The number of carboxylic acid groups (broad SMARTS) is 1. The van der Waals surface area contributed by atoms with Gasteiger partial charge < -0.3 is 19.9 Å². The third kappa shape index (κ3) is 8.05. The highest BCUT2D eigenvalue weighted by atomic mass is 16.6. The van der Waals surface area contributed by atoms with E-state index in [2.05, 4.69) is 10.6 Å². The SMILES string of the molecule is CC(=O)NCCCOc1cc(NC(=O)OC(C)(C)C)ccc1C(=O)O. The summed E-state index contributed by atoms with van der Waals surface area (Å²) in [6.45, 7) is 7.27. The van der Waals surface area contributed by atoms with Crippen molar-refractivity contribution < 1.29 is 29.0 Å². The smallest absolute Gasteiger partial charge is 0.412 e. The molecule has 3 N–H and O–H groups in total. The normalized spacial score (nSPS) is 10.7. The van der Waals surface area contributed by atoms with Crippen molar-refractivity contribution in [3.8, 4) is 5.75 Å². The lowest BCUT2D eigenvalue weighted by Crippen LogP contribution is -2.27. The molecule has 0 unspecified atom stereocenters. The fourth-order valence-electron chi connectivity index (χ4n) is 1.84. The largest absolute Gasteiger partial charge is 0.493 e. The van der Waals surface area contributed by atoms with Gasteiger partial charge in [0, 0.05) is 25.2 Å². The monoisotopic (exact) mass is 352 g/mol. The summed E-state index contributed by atoms with van der Waals surface area (Å²) in [6.07, 6.45) is -0.130. The van der Waals surface area contributed by atoms with E-state index < -0.39 is 17.7 Å². The van der Waals surface area contributed by atoms with E-state index in [1.165, 1.54) is 25.1 Å². The molecule has 0 bridgehead atoms. The van der Waals surface area contributed by atoms with Crippen molar-refractivity contribution in [1.29, 1.82) is 0 Å². The van der Waals surface area contributed by atoms with Gasteiger partial charge in [0.25, 0.3) is 0 Å². The minimum atomic E-state index is -1.14. The van der Waals surface area contributed by atoms with Gasteiger partial charge in [0.1, 0.15) is 16.9 Å². The van der Waals surface area contributed by atoms with E-state index in [0.717, 1.165) is 0 Å². The molecule has 0 aromatic heterocycles. The molecule has 0 aliphatic carbocycles. The van der Waals surface area contributed by atoms with Crippen molar-refractivity contribution in [1.82, 2.24) is 5.32 Å². The Kier molecular flexibility index (Phi) is 7.22. The molecule has 0 fully saturated rings. The van der Waals surface area contributed by atoms with Gasteiger partial charge in [-0.2, -0.15) is 0 Å². The van der Waals surface area contributed by atoms with Crippen LogP contribution < -0.4 is 15.4 Å². The summed E-state index contributed by atoms with van der Waals surface area (Å²) in [5.41, 5.74) is -0.306. The van der Waals surface area contributed by atoms with Crippen LogP contribution in [0.4, 0.5) is 10.5 Å². The van der Waals surface area contributed by atoms with Gasteiger partial charge in [0.2, 0.25) is 5.91 Å². The van der Waals surface area contributed by atoms with Crippen molar-refractivity contribution in [2.75, 3.05) is 18.5 Å². The number of carboxylic acids is 1. The summed E-state index contributed by atoms with van der Waals surface area (Å²) in [5, 5.41) is 14.4. The summed E-state index contributed by atoms with van der Waals surface area (Å²) >= 11 is 0. The first-order chi connectivity index (χ1) is 11.6. The molecule has 0 saturated heterocycles. The van der Waals surface area contributed by atoms with Gasteiger partial charge in [-0.15, -0.1) is 0 Å². The van der Waals surface area contributed by atoms with Crippen LogP contribution in [0.2, 0.25) is 0 Å². The van der Waals surface area contributed by atoms with Crippen LogP contribution in [-0.2, 0) is 9.53 Å². The van der Waals surface area contributed by atoms with Gasteiger partial charge in [-0.3, -0.25) is 10.1 Å². The lowest BCUT2D eigenvalue weighted by molar-refractivity contribution is -0.118. The van der Waals surface area contributed by atoms with Crippen molar-refractivity contribution in [3.63, 3.8) is 0 Å². The zero-order chi connectivity index (χ0) is 19.0. The minimum absolute atomic E-state index is 0.0192.